The lowest BCUT2D eigenvalue weighted by Crippen LogP contribution is -2.23. The lowest BCUT2D eigenvalue weighted by atomic mass is 10.1. The molecule has 1 aliphatic rings. The van der Waals surface area contributed by atoms with Crippen LogP contribution in [0.5, 0.6) is 5.75 Å². The van der Waals surface area contributed by atoms with E-state index in [-0.39, 0.29) is 17.9 Å². The van der Waals surface area contributed by atoms with E-state index in [1.165, 1.54) is 22.9 Å². The van der Waals surface area contributed by atoms with E-state index in [0.717, 1.165) is 18.5 Å². The van der Waals surface area contributed by atoms with Crippen molar-refractivity contribution in [3.05, 3.63) is 64.6 Å². The zero-order chi connectivity index (χ0) is 18.1. The van der Waals surface area contributed by atoms with Crippen molar-refractivity contribution in [2.24, 2.45) is 0 Å². The minimum Gasteiger partial charge on any atom is -0.447 e. The summed E-state index contributed by atoms with van der Waals surface area (Å²) in [5.74, 6) is 0.960. The van der Waals surface area contributed by atoms with Gasteiger partial charge in [0.2, 0.25) is 5.89 Å². The number of hydrogen-bond donors (Lipinski definition) is 0. The standard InChI is InChI=1S/C18H15F2N3O3/c19-18(20)26-13-5-3-11(4-6-13)14-7-8-17(24)23(22-14)9-16-21-15(10-25-16)12-1-2-12/h3-8,10,12,18H,1-2,9H2. The molecule has 1 fully saturated rings. The Bertz CT molecular complexity index is 962. The Labute approximate surface area is 147 Å². The van der Waals surface area contributed by atoms with Gasteiger partial charge in [-0.15, -0.1) is 0 Å². The van der Waals surface area contributed by atoms with Crippen LogP contribution in [0.15, 0.2) is 51.9 Å². The molecule has 0 atom stereocenters. The first kappa shape index (κ1) is 16.4. The van der Waals surface area contributed by atoms with Crippen molar-refractivity contribution in [2.75, 3.05) is 0 Å². The Morgan fingerprint density at radius 2 is 1.96 bits per heavy atom. The molecule has 3 aromatic rings. The minimum absolute atomic E-state index is 0.0597. The monoisotopic (exact) mass is 359 g/mol. The van der Waals surface area contributed by atoms with Crippen LogP contribution in [0.3, 0.4) is 0 Å². The molecule has 0 amide bonds. The molecule has 134 valence electrons. The molecule has 0 spiro atoms. The fourth-order valence-corrected chi connectivity index (χ4v) is 2.62. The normalized spacial score (nSPS) is 14.0. The second-order valence-electron chi connectivity index (χ2n) is 6.06. The van der Waals surface area contributed by atoms with Crippen molar-refractivity contribution in [1.82, 2.24) is 14.8 Å². The zero-order valence-electron chi connectivity index (χ0n) is 13.6. The summed E-state index contributed by atoms with van der Waals surface area (Å²) < 4.78 is 35.4. The molecule has 0 radical (unpaired) electrons. The van der Waals surface area contributed by atoms with Gasteiger partial charge in [0.25, 0.3) is 5.56 Å². The van der Waals surface area contributed by atoms with Crippen LogP contribution >= 0.6 is 0 Å². The first-order chi connectivity index (χ1) is 12.6. The molecule has 0 saturated heterocycles. The summed E-state index contributed by atoms with van der Waals surface area (Å²) in [4.78, 5) is 16.5. The fourth-order valence-electron chi connectivity index (χ4n) is 2.62. The van der Waals surface area contributed by atoms with E-state index in [0.29, 0.717) is 23.1 Å². The van der Waals surface area contributed by atoms with Gasteiger partial charge in [0.05, 0.1) is 11.4 Å². The molecule has 2 aromatic heterocycles. The predicted molar refractivity (Wildman–Crippen MR) is 88.1 cm³/mol. The number of halogens is 2. The molecule has 0 unspecified atom stereocenters. The maximum absolute atomic E-state index is 12.2. The molecule has 4 rings (SSSR count). The van der Waals surface area contributed by atoms with Gasteiger partial charge in [-0.25, -0.2) is 9.67 Å². The van der Waals surface area contributed by atoms with Crippen molar-refractivity contribution in [3.63, 3.8) is 0 Å². The molecule has 1 saturated carbocycles. The number of aromatic nitrogens is 3. The van der Waals surface area contributed by atoms with E-state index >= 15 is 0 Å². The summed E-state index contributed by atoms with van der Waals surface area (Å²) in [5.41, 5.74) is 1.84. The topological polar surface area (TPSA) is 70.2 Å². The van der Waals surface area contributed by atoms with E-state index in [4.69, 9.17) is 4.42 Å². The Hall–Kier alpha value is -3.03. The summed E-state index contributed by atoms with van der Waals surface area (Å²) in [7, 11) is 0. The SMILES string of the molecule is O=c1ccc(-c2ccc(OC(F)F)cc2)nn1Cc1nc(C2CC2)co1. The van der Waals surface area contributed by atoms with Gasteiger partial charge < -0.3 is 9.15 Å². The third-order valence-corrected chi connectivity index (χ3v) is 4.09. The zero-order valence-corrected chi connectivity index (χ0v) is 13.6. The Morgan fingerprint density at radius 3 is 2.65 bits per heavy atom. The van der Waals surface area contributed by atoms with Gasteiger partial charge in [0.15, 0.2) is 0 Å². The van der Waals surface area contributed by atoms with E-state index in [1.807, 2.05) is 0 Å². The van der Waals surface area contributed by atoms with Crippen LogP contribution in [0, 0.1) is 0 Å². The number of rotatable bonds is 6. The first-order valence-corrected chi connectivity index (χ1v) is 8.16. The molecular formula is C18H15F2N3O3. The van der Waals surface area contributed by atoms with Gasteiger partial charge in [-0.1, -0.05) is 0 Å². The molecule has 1 aliphatic carbocycles. The van der Waals surface area contributed by atoms with Crippen LogP contribution in [-0.4, -0.2) is 21.4 Å². The van der Waals surface area contributed by atoms with Crippen LogP contribution in [-0.2, 0) is 6.54 Å². The predicted octanol–water partition coefficient (Wildman–Crippen LogP) is 3.43. The van der Waals surface area contributed by atoms with Crippen LogP contribution in [0.4, 0.5) is 8.78 Å². The number of ether oxygens (including phenoxy) is 1. The lowest BCUT2D eigenvalue weighted by molar-refractivity contribution is -0.0498. The molecule has 6 nitrogen and oxygen atoms in total. The van der Waals surface area contributed by atoms with Crippen molar-refractivity contribution >= 4 is 0 Å². The van der Waals surface area contributed by atoms with Gasteiger partial charge in [-0.2, -0.15) is 13.9 Å². The Balaban J connectivity index is 1.56. The Kier molecular flexibility index (Phi) is 4.24. The highest BCUT2D eigenvalue weighted by atomic mass is 19.3. The number of alkyl halides is 2. The van der Waals surface area contributed by atoms with Crippen LogP contribution in [0.2, 0.25) is 0 Å². The third-order valence-electron chi connectivity index (χ3n) is 4.09. The molecule has 1 aromatic carbocycles. The molecular weight excluding hydrogens is 344 g/mol. The highest BCUT2D eigenvalue weighted by Crippen LogP contribution is 2.39. The number of nitrogens with zero attached hydrogens (tertiary/aromatic N) is 3. The molecule has 8 heteroatoms. The average Bonchev–Trinajstić information content (AvgIpc) is 3.37. The maximum atomic E-state index is 12.2. The minimum atomic E-state index is -2.87. The second-order valence-corrected chi connectivity index (χ2v) is 6.06. The van der Waals surface area contributed by atoms with E-state index in [9.17, 15) is 13.6 Å². The Morgan fingerprint density at radius 1 is 1.19 bits per heavy atom. The van der Waals surface area contributed by atoms with E-state index < -0.39 is 6.61 Å². The van der Waals surface area contributed by atoms with Crippen LogP contribution in [0.1, 0.15) is 30.3 Å². The van der Waals surface area contributed by atoms with Crippen molar-refractivity contribution < 1.29 is 17.9 Å². The highest BCUT2D eigenvalue weighted by molar-refractivity contribution is 5.59. The van der Waals surface area contributed by atoms with Crippen molar-refractivity contribution in [1.29, 1.82) is 0 Å². The van der Waals surface area contributed by atoms with E-state index in [1.54, 1.807) is 24.5 Å². The third kappa shape index (κ3) is 3.63. The van der Waals surface area contributed by atoms with Gasteiger partial charge in [0, 0.05) is 17.5 Å². The number of hydrogen-bond acceptors (Lipinski definition) is 5. The molecule has 0 aliphatic heterocycles. The van der Waals surface area contributed by atoms with Gasteiger partial charge in [-0.05, 0) is 43.2 Å². The summed E-state index contributed by atoms with van der Waals surface area (Å²) in [6, 6.07) is 9.03. The first-order valence-electron chi connectivity index (χ1n) is 8.16. The largest absolute Gasteiger partial charge is 0.447 e. The number of oxazole rings is 1. The molecule has 26 heavy (non-hydrogen) atoms. The molecule has 2 heterocycles. The maximum Gasteiger partial charge on any atom is 0.387 e. The highest BCUT2D eigenvalue weighted by Gasteiger charge is 2.27. The second kappa shape index (κ2) is 6.70. The summed E-state index contributed by atoms with van der Waals surface area (Å²) in [6.07, 6.45) is 3.86. The van der Waals surface area contributed by atoms with Gasteiger partial charge in [0.1, 0.15) is 18.6 Å². The van der Waals surface area contributed by atoms with Crippen LogP contribution in [0.25, 0.3) is 11.3 Å². The smallest absolute Gasteiger partial charge is 0.387 e. The quantitative estimate of drug-likeness (QED) is 0.674. The van der Waals surface area contributed by atoms with Crippen molar-refractivity contribution in [2.45, 2.75) is 31.9 Å². The fraction of sp³-hybridized carbons (Fsp3) is 0.278. The van der Waals surface area contributed by atoms with E-state index in [2.05, 4.69) is 14.8 Å². The van der Waals surface area contributed by atoms with Gasteiger partial charge >= 0.3 is 6.61 Å². The van der Waals surface area contributed by atoms with Crippen molar-refractivity contribution in [3.8, 4) is 17.0 Å². The summed E-state index contributed by atoms with van der Waals surface area (Å²) >= 11 is 0. The average molecular weight is 359 g/mol. The lowest BCUT2D eigenvalue weighted by Gasteiger charge is -2.07. The summed E-state index contributed by atoms with van der Waals surface area (Å²) in [5, 5.41) is 4.31. The molecule has 0 N–H and O–H groups in total. The van der Waals surface area contributed by atoms with Gasteiger partial charge in [-0.3, -0.25) is 4.79 Å². The number of benzene rings is 1. The summed E-state index contributed by atoms with van der Waals surface area (Å²) in [6.45, 7) is -2.74. The molecule has 0 bridgehead atoms. The van der Waals surface area contributed by atoms with Crippen LogP contribution < -0.4 is 10.3 Å².